The molecule has 3 rings (SSSR count). The van der Waals surface area contributed by atoms with Gasteiger partial charge in [-0.2, -0.15) is 0 Å². The lowest BCUT2D eigenvalue weighted by molar-refractivity contribution is -0.134. The van der Waals surface area contributed by atoms with E-state index in [1.54, 1.807) is 9.80 Å². The largest absolute Gasteiger partial charge is 0.338 e. The third-order valence-electron chi connectivity index (χ3n) is 4.78. The molecule has 6 heteroatoms. The third-order valence-corrected chi connectivity index (χ3v) is 4.78. The number of urea groups is 1. The average molecular weight is 366 g/mol. The van der Waals surface area contributed by atoms with Crippen LogP contribution >= 0.6 is 0 Å². The molecule has 6 nitrogen and oxygen atoms in total. The smallest absolute Gasteiger partial charge is 0.317 e. The Morgan fingerprint density at radius 3 is 1.96 bits per heavy atom. The van der Waals surface area contributed by atoms with Crippen LogP contribution in [-0.2, 0) is 17.8 Å². The summed E-state index contributed by atoms with van der Waals surface area (Å²) in [6.45, 7) is 2.57. The van der Waals surface area contributed by atoms with Crippen molar-refractivity contribution in [3.63, 3.8) is 0 Å². The van der Waals surface area contributed by atoms with E-state index in [1.807, 2.05) is 60.7 Å². The van der Waals surface area contributed by atoms with Crippen LogP contribution in [0.25, 0.3) is 0 Å². The van der Waals surface area contributed by atoms with Crippen LogP contribution in [0.15, 0.2) is 60.7 Å². The van der Waals surface area contributed by atoms with Gasteiger partial charge in [0.1, 0.15) is 0 Å². The number of carbonyl (C=O) groups excluding carboxylic acids is 2. The van der Waals surface area contributed by atoms with Crippen LogP contribution in [0.1, 0.15) is 11.1 Å². The predicted molar refractivity (Wildman–Crippen MR) is 105 cm³/mol. The Labute approximate surface area is 159 Å². The van der Waals surface area contributed by atoms with Gasteiger partial charge in [-0.1, -0.05) is 60.7 Å². The molecule has 0 spiro atoms. The van der Waals surface area contributed by atoms with Gasteiger partial charge in [0.15, 0.2) is 0 Å². The maximum absolute atomic E-state index is 12.6. The molecule has 3 amide bonds. The maximum atomic E-state index is 12.6. The highest BCUT2D eigenvalue weighted by Gasteiger charge is 2.27. The predicted octanol–water partition coefficient (Wildman–Crippen LogP) is 1.61. The monoisotopic (exact) mass is 366 g/mol. The highest BCUT2D eigenvalue weighted by Crippen LogP contribution is 2.08. The summed E-state index contributed by atoms with van der Waals surface area (Å²) in [4.78, 5) is 28.4. The fraction of sp³-hybridized carbons (Fsp3) is 0.333. The average Bonchev–Trinajstić information content (AvgIpc) is 2.73. The fourth-order valence-electron chi connectivity index (χ4n) is 3.21. The lowest BCUT2D eigenvalue weighted by Gasteiger charge is -2.35. The number of carbonyl (C=O) groups is 2. The second kappa shape index (κ2) is 9.19. The van der Waals surface area contributed by atoms with E-state index in [2.05, 4.69) is 5.32 Å². The summed E-state index contributed by atoms with van der Waals surface area (Å²) < 4.78 is 0. The third kappa shape index (κ3) is 5.31. The van der Waals surface area contributed by atoms with Gasteiger partial charge < -0.3 is 20.9 Å². The lowest BCUT2D eigenvalue weighted by atomic mass is 10.1. The fourth-order valence-corrected chi connectivity index (χ4v) is 3.21. The van der Waals surface area contributed by atoms with Crippen LogP contribution in [0.4, 0.5) is 4.79 Å². The van der Waals surface area contributed by atoms with Crippen molar-refractivity contribution in [2.75, 3.05) is 26.2 Å². The van der Waals surface area contributed by atoms with Gasteiger partial charge in [-0.15, -0.1) is 0 Å². The molecule has 2 aromatic carbocycles. The molecule has 142 valence electrons. The van der Waals surface area contributed by atoms with Gasteiger partial charge in [0, 0.05) is 32.7 Å². The van der Waals surface area contributed by atoms with E-state index >= 15 is 0 Å². The van der Waals surface area contributed by atoms with E-state index in [4.69, 9.17) is 5.73 Å². The molecule has 27 heavy (non-hydrogen) atoms. The summed E-state index contributed by atoms with van der Waals surface area (Å²) >= 11 is 0. The van der Waals surface area contributed by atoms with Crippen LogP contribution in [0, 0.1) is 0 Å². The van der Waals surface area contributed by atoms with Crippen molar-refractivity contribution >= 4 is 11.9 Å². The van der Waals surface area contributed by atoms with Crippen molar-refractivity contribution in [2.45, 2.75) is 19.0 Å². The molecule has 2 aromatic rings. The van der Waals surface area contributed by atoms with Gasteiger partial charge in [-0.3, -0.25) is 4.79 Å². The zero-order chi connectivity index (χ0) is 19.1. The van der Waals surface area contributed by atoms with Crippen LogP contribution in [0.5, 0.6) is 0 Å². The highest BCUT2D eigenvalue weighted by molar-refractivity contribution is 5.82. The summed E-state index contributed by atoms with van der Waals surface area (Å²) in [6.07, 6.45) is 0.525. The Bertz CT molecular complexity index is 743. The Balaban J connectivity index is 1.43. The van der Waals surface area contributed by atoms with Crippen LogP contribution in [0.3, 0.4) is 0 Å². The molecular formula is C21H26N4O2. The summed E-state index contributed by atoms with van der Waals surface area (Å²) in [6, 6.07) is 18.9. The van der Waals surface area contributed by atoms with E-state index < -0.39 is 6.04 Å². The summed E-state index contributed by atoms with van der Waals surface area (Å²) in [5.74, 6) is -0.0526. The number of hydrogen-bond acceptors (Lipinski definition) is 3. The molecule has 1 aliphatic heterocycles. The molecule has 0 radical (unpaired) electrons. The normalized spacial score (nSPS) is 15.3. The standard InChI is InChI=1S/C21H26N4O2/c22-19(15-17-7-3-1-4-8-17)20(26)24-11-13-25(14-12-24)21(27)23-16-18-9-5-2-6-10-18/h1-10,19H,11-16,22H2,(H,23,27). The first kappa shape index (κ1) is 18.9. The lowest BCUT2D eigenvalue weighted by Crippen LogP contribution is -2.56. The molecule has 3 N–H and O–H groups in total. The number of hydrogen-bond donors (Lipinski definition) is 2. The molecule has 1 saturated heterocycles. The van der Waals surface area contributed by atoms with E-state index in [0.717, 1.165) is 11.1 Å². The van der Waals surface area contributed by atoms with Crippen LogP contribution < -0.4 is 11.1 Å². The number of rotatable bonds is 5. The van der Waals surface area contributed by atoms with E-state index in [0.29, 0.717) is 39.1 Å². The summed E-state index contributed by atoms with van der Waals surface area (Å²) in [5, 5.41) is 2.93. The maximum Gasteiger partial charge on any atom is 0.317 e. The van der Waals surface area contributed by atoms with E-state index in [9.17, 15) is 9.59 Å². The molecule has 1 atom stereocenters. The molecule has 0 aliphatic carbocycles. The minimum atomic E-state index is -0.550. The van der Waals surface area contributed by atoms with Crippen molar-refractivity contribution < 1.29 is 9.59 Å². The summed E-state index contributed by atoms with van der Waals surface area (Å²) in [7, 11) is 0. The molecule has 0 saturated carbocycles. The first-order valence-electron chi connectivity index (χ1n) is 9.28. The van der Waals surface area contributed by atoms with Crippen molar-refractivity contribution in [1.82, 2.24) is 15.1 Å². The van der Waals surface area contributed by atoms with Gasteiger partial charge >= 0.3 is 6.03 Å². The van der Waals surface area contributed by atoms with Gasteiger partial charge in [0.2, 0.25) is 5.91 Å². The van der Waals surface area contributed by atoms with Crippen molar-refractivity contribution in [3.8, 4) is 0 Å². The number of nitrogens with two attached hydrogens (primary N) is 1. The number of benzene rings is 2. The zero-order valence-corrected chi connectivity index (χ0v) is 15.4. The van der Waals surface area contributed by atoms with Crippen molar-refractivity contribution in [2.24, 2.45) is 5.73 Å². The molecule has 1 fully saturated rings. The van der Waals surface area contributed by atoms with Gasteiger partial charge in [-0.05, 0) is 17.5 Å². The number of amides is 3. The highest BCUT2D eigenvalue weighted by atomic mass is 16.2. The topological polar surface area (TPSA) is 78.7 Å². The van der Waals surface area contributed by atoms with Crippen LogP contribution in [-0.4, -0.2) is 54.0 Å². The number of nitrogens with one attached hydrogen (secondary N) is 1. The van der Waals surface area contributed by atoms with Gasteiger partial charge in [0.05, 0.1) is 6.04 Å². The minimum absolute atomic E-state index is 0.0526. The number of piperazine rings is 1. The van der Waals surface area contributed by atoms with Crippen LogP contribution in [0.2, 0.25) is 0 Å². The van der Waals surface area contributed by atoms with E-state index in [-0.39, 0.29) is 11.9 Å². The Kier molecular flexibility index (Phi) is 6.44. The van der Waals surface area contributed by atoms with Gasteiger partial charge in [-0.25, -0.2) is 4.79 Å². The molecule has 1 heterocycles. The van der Waals surface area contributed by atoms with E-state index in [1.165, 1.54) is 0 Å². The SMILES string of the molecule is NC(Cc1ccccc1)C(=O)N1CCN(C(=O)NCc2ccccc2)CC1. The number of nitrogens with zero attached hydrogens (tertiary/aromatic N) is 2. The molecular weight excluding hydrogens is 340 g/mol. The molecule has 1 aliphatic rings. The minimum Gasteiger partial charge on any atom is -0.338 e. The van der Waals surface area contributed by atoms with Crippen molar-refractivity contribution in [3.05, 3.63) is 71.8 Å². The quantitative estimate of drug-likeness (QED) is 0.844. The Hall–Kier alpha value is -2.86. The second-order valence-corrected chi connectivity index (χ2v) is 6.75. The van der Waals surface area contributed by atoms with Crippen molar-refractivity contribution in [1.29, 1.82) is 0 Å². The molecule has 0 bridgehead atoms. The molecule has 1 unspecified atom stereocenters. The first-order chi connectivity index (χ1) is 13.1. The Morgan fingerprint density at radius 2 is 1.37 bits per heavy atom. The summed E-state index contributed by atoms with van der Waals surface area (Å²) in [5.41, 5.74) is 8.22. The Morgan fingerprint density at radius 1 is 0.852 bits per heavy atom. The molecule has 0 aromatic heterocycles. The zero-order valence-electron chi connectivity index (χ0n) is 15.4. The van der Waals surface area contributed by atoms with Gasteiger partial charge in [0.25, 0.3) is 0 Å². The second-order valence-electron chi connectivity index (χ2n) is 6.75. The first-order valence-corrected chi connectivity index (χ1v) is 9.28.